The number of aliphatic carboxylic acids is 1. The molecule has 0 aromatic heterocycles. The van der Waals surface area contributed by atoms with Gasteiger partial charge in [-0.25, -0.2) is 4.79 Å². The number of amides is 1. The van der Waals surface area contributed by atoms with Crippen LogP contribution in [0.5, 0.6) is 0 Å². The van der Waals surface area contributed by atoms with Crippen molar-refractivity contribution in [1.82, 2.24) is 4.90 Å². The van der Waals surface area contributed by atoms with E-state index in [1.165, 1.54) is 4.90 Å². The van der Waals surface area contributed by atoms with E-state index in [-0.39, 0.29) is 10.2 Å². The van der Waals surface area contributed by atoms with Gasteiger partial charge in [0.25, 0.3) is 5.91 Å². The SMILES string of the molecule is CCC(C(=O)O)N1C(=O)/C(=C/c2cccc(Br)c2)SC1=S. The van der Waals surface area contributed by atoms with E-state index in [0.29, 0.717) is 11.3 Å². The van der Waals surface area contributed by atoms with E-state index in [4.69, 9.17) is 12.2 Å². The van der Waals surface area contributed by atoms with E-state index in [1.54, 1.807) is 13.0 Å². The fourth-order valence-corrected chi connectivity index (χ4v) is 3.74. The molecule has 0 radical (unpaired) electrons. The molecule has 1 unspecified atom stereocenters. The quantitative estimate of drug-likeness (QED) is 0.634. The average Bonchev–Trinajstić information content (AvgIpc) is 2.67. The van der Waals surface area contributed by atoms with E-state index in [9.17, 15) is 14.7 Å². The van der Waals surface area contributed by atoms with Crippen LogP contribution in [0.3, 0.4) is 0 Å². The molecule has 110 valence electrons. The number of nitrogens with zero attached hydrogens (tertiary/aromatic N) is 1. The number of halogens is 1. The summed E-state index contributed by atoms with van der Waals surface area (Å²) in [5.41, 5.74) is 0.855. The maximum atomic E-state index is 12.4. The van der Waals surface area contributed by atoms with Crippen molar-refractivity contribution in [1.29, 1.82) is 0 Å². The number of hydrogen-bond acceptors (Lipinski definition) is 4. The van der Waals surface area contributed by atoms with Crippen molar-refractivity contribution in [3.05, 3.63) is 39.2 Å². The fraction of sp³-hybridized carbons (Fsp3) is 0.214. The highest BCUT2D eigenvalue weighted by molar-refractivity contribution is 9.10. The van der Waals surface area contributed by atoms with Crippen molar-refractivity contribution >= 4 is 62.2 Å². The third-order valence-electron chi connectivity index (χ3n) is 2.95. The molecule has 1 aromatic rings. The smallest absolute Gasteiger partial charge is 0.326 e. The lowest BCUT2D eigenvalue weighted by molar-refractivity contribution is -0.145. The lowest BCUT2D eigenvalue weighted by atomic mass is 10.2. The zero-order valence-corrected chi connectivity index (χ0v) is 14.3. The number of carbonyl (C=O) groups excluding carboxylic acids is 1. The van der Waals surface area contributed by atoms with Gasteiger partial charge in [0.1, 0.15) is 10.4 Å². The van der Waals surface area contributed by atoms with Crippen molar-refractivity contribution < 1.29 is 14.7 Å². The highest BCUT2D eigenvalue weighted by atomic mass is 79.9. The predicted octanol–water partition coefficient (Wildman–Crippen LogP) is 3.51. The van der Waals surface area contributed by atoms with Gasteiger partial charge in [0.15, 0.2) is 0 Å². The van der Waals surface area contributed by atoms with Crippen molar-refractivity contribution in [3.63, 3.8) is 0 Å². The monoisotopic (exact) mass is 385 g/mol. The molecule has 1 atom stereocenters. The maximum absolute atomic E-state index is 12.4. The third-order valence-corrected chi connectivity index (χ3v) is 4.78. The topological polar surface area (TPSA) is 57.6 Å². The Kier molecular flexibility index (Phi) is 5.18. The summed E-state index contributed by atoms with van der Waals surface area (Å²) in [6.07, 6.45) is 2.03. The Morgan fingerprint density at radius 1 is 1.57 bits per heavy atom. The zero-order chi connectivity index (χ0) is 15.6. The van der Waals surface area contributed by atoms with Gasteiger partial charge in [-0.3, -0.25) is 9.69 Å². The minimum absolute atomic E-state index is 0.287. The van der Waals surface area contributed by atoms with Gasteiger partial charge in [-0.05, 0) is 30.2 Å². The minimum atomic E-state index is -1.04. The summed E-state index contributed by atoms with van der Waals surface area (Å²) in [7, 11) is 0. The largest absolute Gasteiger partial charge is 0.480 e. The summed E-state index contributed by atoms with van der Waals surface area (Å²) in [6, 6.07) is 6.58. The molecular formula is C14H12BrNO3S2. The van der Waals surface area contributed by atoms with Crippen molar-refractivity contribution in [2.24, 2.45) is 0 Å². The van der Waals surface area contributed by atoms with Crippen LogP contribution in [0.15, 0.2) is 33.6 Å². The first kappa shape index (κ1) is 16.2. The van der Waals surface area contributed by atoms with Gasteiger partial charge in [0.05, 0.1) is 4.91 Å². The summed E-state index contributed by atoms with van der Waals surface area (Å²) in [5, 5.41) is 9.19. The number of hydrogen-bond donors (Lipinski definition) is 1. The second-order valence-electron chi connectivity index (χ2n) is 4.37. The first-order valence-corrected chi connectivity index (χ1v) is 8.21. The summed E-state index contributed by atoms with van der Waals surface area (Å²) < 4.78 is 1.19. The van der Waals surface area contributed by atoms with Crippen LogP contribution in [0, 0.1) is 0 Å². The van der Waals surface area contributed by atoms with Crippen LogP contribution in [0.1, 0.15) is 18.9 Å². The Bertz CT molecular complexity index is 645. The second kappa shape index (κ2) is 6.72. The summed E-state index contributed by atoms with van der Waals surface area (Å²) in [4.78, 5) is 25.2. The second-order valence-corrected chi connectivity index (χ2v) is 6.96. The summed E-state index contributed by atoms with van der Waals surface area (Å²) >= 11 is 9.66. The molecule has 1 N–H and O–H groups in total. The molecule has 1 aliphatic rings. The van der Waals surface area contributed by atoms with E-state index in [0.717, 1.165) is 21.8 Å². The van der Waals surface area contributed by atoms with Crippen molar-refractivity contribution in [3.8, 4) is 0 Å². The Hall–Kier alpha value is -1.18. The van der Waals surface area contributed by atoms with Crippen LogP contribution in [0.2, 0.25) is 0 Å². The molecule has 0 aliphatic carbocycles. The lowest BCUT2D eigenvalue weighted by Gasteiger charge is -2.21. The van der Waals surface area contributed by atoms with Crippen LogP contribution in [0.25, 0.3) is 6.08 Å². The highest BCUT2D eigenvalue weighted by Gasteiger charge is 2.39. The van der Waals surface area contributed by atoms with Crippen LogP contribution in [-0.4, -0.2) is 32.2 Å². The van der Waals surface area contributed by atoms with E-state index in [1.807, 2.05) is 24.3 Å². The van der Waals surface area contributed by atoms with E-state index < -0.39 is 12.0 Å². The van der Waals surface area contributed by atoms with Crippen molar-refractivity contribution in [2.75, 3.05) is 0 Å². The van der Waals surface area contributed by atoms with Crippen molar-refractivity contribution in [2.45, 2.75) is 19.4 Å². The summed E-state index contributed by atoms with van der Waals surface area (Å²) in [5.74, 6) is -1.39. The van der Waals surface area contributed by atoms with E-state index in [2.05, 4.69) is 15.9 Å². The van der Waals surface area contributed by atoms with Gasteiger partial charge in [0, 0.05) is 4.47 Å². The number of carboxylic acid groups (broad SMARTS) is 1. The van der Waals surface area contributed by atoms with Gasteiger partial charge in [0.2, 0.25) is 0 Å². The molecule has 4 nitrogen and oxygen atoms in total. The Balaban J connectivity index is 2.31. The van der Waals surface area contributed by atoms with Crippen LogP contribution in [-0.2, 0) is 9.59 Å². The van der Waals surface area contributed by atoms with Crippen LogP contribution >= 0.6 is 39.9 Å². The standard InChI is InChI=1S/C14H12BrNO3S2/c1-2-10(13(18)19)16-12(17)11(21-14(16)20)7-8-4-3-5-9(15)6-8/h3-7,10H,2H2,1H3,(H,18,19)/b11-7-. The fourth-order valence-electron chi connectivity index (χ4n) is 1.96. The van der Waals surface area contributed by atoms with E-state index >= 15 is 0 Å². The van der Waals surface area contributed by atoms with Gasteiger partial charge < -0.3 is 5.11 Å². The van der Waals surface area contributed by atoms with Gasteiger partial charge >= 0.3 is 5.97 Å². The van der Waals surface area contributed by atoms with Gasteiger partial charge in [-0.2, -0.15) is 0 Å². The maximum Gasteiger partial charge on any atom is 0.326 e. The number of carboxylic acids is 1. The normalized spacial score (nSPS) is 18.4. The molecule has 1 saturated heterocycles. The van der Waals surface area contributed by atoms with Gasteiger partial charge in [-0.15, -0.1) is 0 Å². The van der Waals surface area contributed by atoms with Crippen LogP contribution in [0.4, 0.5) is 0 Å². The van der Waals surface area contributed by atoms with Crippen LogP contribution < -0.4 is 0 Å². The first-order valence-electron chi connectivity index (χ1n) is 6.19. The number of rotatable bonds is 4. The molecule has 1 amide bonds. The Morgan fingerprint density at radius 3 is 2.86 bits per heavy atom. The number of thiocarbonyl (C=S) groups is 1. The zero-order valence-electron chi connectivity index (χ0n) is 11.1. The molecule has 0 bridgehead atoms. The molecule has 1 aromatic carbocycles. The molecular weight excluding hydrogens is 374 g/mol. The molecule has 2 rings (SSSR count). The summed E-state index contributed by atoms with van der Waals surface area (Å²) in [6.45, 7) is 1.72. The van der Waals surface area contributed by atoms with Gasteiger partial charge in [-0.1, -0.05) is 59.0 Å². The average molecular weight is 386 g/mol. The molecule has 1 fully saturated rings. The minimum Gasteiger partial charge on any atom is -0.480 e. The number of thioether (sulfide) groups is 1. The Morgan fingerprint density at radius 2 is 2.29 bits per heavy atom. The number of carbonyl (C=O) groups is 2. The highest BCUT2D eigenvalue weighted by Crippen LogP contribution is 2.34. The number of benzene rings is 1. The predicted molar refractivity (Wildman–Crippen MR) is 90.9 cm³/mol. The third kappa shape index (κ3) is 3.53. The molecule has 21 heavy (non-hydrogen) atoms. The molecule has 0 saturated carbocycles. The molecule has 7 heteroatoms. The Labute approximate surface area is 140 Å². The first-order chi connectivity index (χ1) is 9.93. The molecule has 0 spiro atoms. The lowest BCUT2D eigenvalue weighted by Crippen LogP contribution is -2.43. The molecule has 1 heterocycles. The molecule has 1 aliphatic heterocycles.